The van der Waals surface area contributed by atoms with Crippen molar-refractivity contribution in [2.24, 2.45) is 10.2 Å². The molecular formula is C17H12Cl2N4O3S. The monoisotopic (exact) mass is 422 g/mol. The second kappa shape index (κ2) is 8.51. The lowest BCUT2D eigenvalue weighted by Gasteiger charge is -2.08. The number of halogens is 2. The van der Waals surface area contributed by atoms with E-state index in [4.69, 9.17) is 23.2 Å². The van der Waals surface area contributed by atoms with Crippen LogP contribution >= 0.6 is 35.0 Å². The Bertz CT molecular complexity index is 965. The third-order valence-electron chi connectivity index (χ3n) is 3.65. The Kier molecular flexibility index (Phi) is 6.10. The maximum Gasteiger partial charge on any atom is 0.270 e. The van der Waals surface area contributed by atoms with E-state index < -0.39 is 10.2 Å². The third kappa shape index (κ3) is 4.85. The van der Waals surface area contributed by atoms with Gasteiger partial charge in [0, 0.05) is 17.7 Å². The second-order valence-electron chi connectivity index (χ2n) is 5.51. The molecule has 0 spiro atoms. The van der Waals surface area contributed by atoms with Crippen LogP contribution in [0.1, 0.15) is 11.1 Å². The lowest BCUT2D eigenvalue weighted by Crippen LogP contribution is -2.26. The molecule has 2 aromatic rings. The Hall–Kier alpha value is -2.42. The first-order chi connectivity index (χ1) is 12.9. The molecule has 1 heterocycles. The van der Waals surface area contributed by atoms with Crippen molar-refractivity contribution in [3.05, 3.63) is 73.8 Å². The molecule has 1 N–H and O–H groups in total. The van der Waals surface area contributed by atoms with Crippen molar-refractivity contribution in [2.75, 3.05) is 0 Å². The van der Waals surface area contributed by atoms with Gasteiger partial charge in [-0.15, -0.1) is 5.10 Å². The lowest BCUT2D eigenvalue weighted by atomic mass is 10.1. The number of carbonyl (C=O) groups excluding carboxylic acids is 1. The van der Waals surface area contributed by atoms with Gasteiger partial charge in [-0.1, -0.05) is 59.2 Å². The number of non-ortho nitro benzene ring substituents is 1. The smallest absolute Gasteiger partial charge is 0.270 e. The summed E-state index contributed by atoms with van der Waals surface area (Å²) in [5.74, 6) is -0.194. The normalized spacial score (nSPS) is 18.2. The fourth-order valence-corrected chi connectivity index (χ4v) is 3.71. The fraction of sp³-hybridized carbons (Fsp3) is 0.118. The number of nitrogens with one attached hydrogen (secondary N) is 1. The van der Waals surface area contributed by atoms with Crippen LogP contribution in [0.15, 0.2) is 52.7 Å². The van der Waals surface area contributed by atoms with E-state index in [1.54, 1.807) is 24.3 Å². The largest absolute Gasteiger partial charge is 0.303 e. The van der Waals surface area contributed by atoms with Gasteiger partial charge >= 0.3 is 0 Å². The third-order valence-corrected chi connectivity index (χ3v) is 5.58. The van der Waals surface area contributed by atoms with Gasteiger partial charge in [0.15, 0.2) is 5.17 Å². The zero-order valence-electron chi connectivity index (χ0n) is 13.6. The van der Waals surface area contributed by atoms with Gasteiger partial charge in [0.2, 0.25) is 5.91 Å². The molecule has 10 heteroatoms. The molecule has 0 aliphatic carbocycles. The second-order valence-corrected chi connectivity index (χ2v) is 7.49. The highest BCUT2D eigenvalue weighted by Crippen LogP contribution is 2.30. The van der Waals surface area contributed by atoms with E-state index in [2.05, 4.69) is 15.5 Å². The summed E-state index contributed by atoms with van der Waals surface area (Å²) in [6.45, 7) is 0. The van der Waals surface area contributed by atoms with E-state index in [1.807, 2.05) is 6.07 Å². The van der Waals surface area contributed by atoms with Gasteiger partial charge in [-0.25, -0.2) is 0 Å². The first-order valence-electron chi connectivity index (χ1n) is 7.70. The van der Waals surface area contributed by atoms with Crippen LogP contribution in [0.25, 0.3) is 0 Å². The highest BCUT2D eigenvalue weighted by Gasteiger charge is 2.31. The molecule has 1 amide bonds. The standard InChI is InChI=1S/C17H12Cl2N4O3S/c18-13-6-2-4-11(15(13)19)8-14-16(24)21-17(27-14)22-20-9-10-3-1-5-12(7-10)23(25)26/h1-7,9,14H,8H2,(H,21,22,24)/b20-9+. The van der Waals surface area contributed by atoms with Crippen LogP contribution in [0.3, 0.4) is 0 Å². The molecule has 0 bridgehead atoms. The number of nitrogens with zero attached hydrogens (tertiary/aromatic N) is 3. The van der Waals surface area contributed by atoms with Gasteiger partial charge in [0.05, 0.1) is 26.4 Å². The summed E-state index contributed by atoms with van der Waals surface area (Å²) in [4.78, 5) is 22.4. The molecule has 27 heavy (non-hydrogen) atoms. The number of benzene rings is 2. The van der Waals surface area contributed by atoms with E-state index in [-0.39, 0.29) is 11.6 Å². The van der Waals surface area contributed by atoms with Crippen LogP contribution in [-0.2, 0) is 11.2 Å². The quantitative estimate of drug-likeness (QED) is 0.446. The van der Waals surface area contributed by atoms with E-state index in [0.717, 1.165) is 5.56 Å². The van der Waals surface area contributed by atoms with Gasteiger partial charge in [-0.05, 0) is 18.1 Å². The number of hydrogen-bond acceptors (Lipinski definition) is 6. The van der Waals surface area contributed by atoms with Crippen LogP contribution in [-0.4, -0.2) is 27.5 Å². The van der Waals surface area contributed by atoms with Crippen molar-refractivity contribution in [1.29, 1.82) is 0 Å². The highest BCUT2D eigenvalue weighted by molar-refractivity contribution is 8.15. The van der Waals surface area contributed by atoms with Gasteiger partial charge < -0.3 is 5.32 Å². The first kappa shape index (κ1) is 19.3. The van der Waals surface area contributed by atoms with Crippen LogP contribution in [0.5, 0.6) is 0 Å². The minimum absolute atomic E-state index is 0.0337. The Morgan fingerprint density at radius 2 is 2.04 bits per heavy atom. The molecule has 1 unspecified atom stereocenters. The van der Waals surface area contributed by atoms with Crippen LogP contribution < -0.4 is 5.32 Å². The van der Waals surface area contributed by atoms with Gasteiger partial charge in [-0.2, -0.15) is 5.10 Å². The summed E-state index contributed by atoms with van der Waals surface area (Å²) in [5, 5.41) is 22.1. The van der Waals surface area contributed by atoms with Crippen LogP contribution in [0.4, 0.5) is 5.69 Å². The Morgan fingerprint density at radius 3 is 2.81 bits per heavy atom. The molecule has 2 aromatic carbocycles. The molecule has 3 rings (SSSR count). The summed E-state index contributed by atoms with van der Waals surface area (Å²) >= 11 is 13.4. The van der Waals surface area contributed by atoms with E-state index >= 15 is 0 Å². The van der Waals surface area contributed by atoms with Crippen molar-refractivity contribution in [3.63, 3.8) is 0 Å². The number of hydrogen-bond donors (Lipinski definition) is 1. The van der Waals surface area contributed by atoms with Crippen LogP contribution in [0.2, 0.25) is 10.0 Å². The molecule has 0 aromatic heterocycles. The van der Waals surface area contributed by atoms with E-state index in [9.17, 15) is 14.9 Å². The molecule has 1 aliphatic heterocycles. The first-order valence-corrected chi connectivity index (χ1v) is 9.33. The average Bonchev–Trinajstić information content (AvgIpc) is 2.98. The van der Waals surface area contributed by atoms with E-state index in [0.29, 0.717) is 27.2 Å². The van der Waals surface area contributed by atoms with Crippen molar-refractivity contribution in [1.82, 2.24) is 5.32 Å². The topological polar surface area (TPSA) is 97.0 Å². The fourth-order valence-electron chi connectivity index (χ4n) is 2.36. The summed E-state index contributed by atoms with van der Waals surface area (Å²) < 4.78 is 0. The Balaban J connectivity index is 1.67. The van der Waals surface area contributed by atoms with Gasteiger partial charge in [0.1, 0.15) is 0 Å². The van der Waals surface area contributed by atoms with Crippen LogP contribution in [0, 0.1) is 10.1 Å². The molecule has 138 valence electrons. The zero-order chi connectivity index (χ0) is 19.4. The summed E-state index contributed by atoms with van der Waals surface area (Å²) in [7, 11) is 0. The summed E-state index contributed by atoms with van der Waals surface area (Å²) in [6.07, 6.45) is 1.79. The molecule has 0 radical (unpaired) electrons. The lowest BCUT2D eigenvalue weighted by molar-refractivity contribution is -0.384. The Labute approximate surface area is 168 Å². The predicted molar refractivity (Wildman–Crippen MR) is 108 cm³/mol. The minimum Gasteiger partial charge on any atom is -0.303 e. The summed E-state index contributed by atoms with van der Waals surface area (Å²) in [6, 6.07) is 11.3. The average molecular weight is 423 g/mol. The minimum atomic E-state index is -0.484. The number of thioether (sulfide) groups is 1. The molecule has 7 nitrogen and oxygen atoms in total. The van der Waals surface area contributed by atoms with Gasteiger partial charge in [-0.3, -0.25) is 14.9 Å². The Morgan fingerprint density at radius 1 is 1.26 bits per heavy atom. The van der Waals surface area contributed by atoms with E-state index in [1.165, 1.54) is 30.1 Å². The summed E-state index contributed by atoms with van der Waals surface area (Å²) in [5.41, 5.74) is 1.27. The van der Waals surface area contributed by atoms with Crippen molar-refractivity contribution in [2.45, 2.75) is 11.7 Å². The predicted octanol–water partition coefficient (Wildman–Crippen LogP) is 4.07. The molecule has 1 aliphatic rings. The molecule has 1 saturated heterocycles. The zero-order valence-corrected chi connectivity index (χ0v) is 16.0. The highest BCUT2D eigenvalue weighted by atomic mass is 35.5. The SMILES string of the molecule is O=C1N/C(=N\N=C\c2cccc([N+](=O)[O-])c2)SC1Cc1cccc(Cl)c1Cl. The maximum absolute atomic E-state index is 12.1. The molecule has 1 fully saturated rings. The van der Waals surface area contributed by atoms with Crippen molar-refractivity contribution in [3.8, 4) is 0 Å². The molecular weight excluding hydrogens is 411 g/mol. The number of carbonyl (C=O) groups is 1. The number of nitro benzene ring substituents is 1. The van der Waals surface area contributed by atoms with Crippen molar-refractivity contribution >= 4 is 57.9 Å². The maximum atomic E-state index is 12.1. The number of amidine groups is 1. The number of nitro groups is 1. The van der Waals surface area contributed by atoms with Crippen molar-refractivity contribution < 1.29 is 9.72 Å². The number of amides is 1. The molecule has 0 saturated carbocycles. The van der Waals surface area contributed by atoms with Gasteiger partial charge in [0.25, 0.3) is 5.69 Å². The number of rotatable bonds is 5. The molecule has 1 atom stereocenters.